The number of hydrogen-bond acceptors (Lipinski definition) is 7. The standard InChI is InChI=1S/C29H43O7P.Li.H/c1-8-31-11-14-34-24-18-25(35-15-12-32-9-2)28(26(19-24)36-16-13-33-10-3)37-29(30)27-21(5)17-20(4)22(6)23(27)7;;/h17-19,37H,8-16H2,1-7H3;;. The van der Waals surface area contributed by atoms with Crippen LogP contribution >= 0.6 is 8.58 Å². The zero-order valence-corrected chi connectivity index (χ0v) is 24.5. The molecule has 0 aliphatic carbocycles. The zero-order chi connectivity index (χ0) is 27.2. The molecule has 0 aliphatic heterocycles. The Morgan fingerprint density at radius 3 is 1.61 bits per heavy atom. The Kier molecular flexibility index (Phi) is 16.9. The summed E-state index contributed by atoms with van der Waals surface area (Å²) in [5, 5.41) is 0.715. The molecule has 7 nitrogen and oxygen atoms in total. The van der Waals surface area contributed by atoms with Crippen LogP contribution in [-0.4, -0.2) is 83.8 Å². The summed E-state index contributed by atoms with van der Waals surface area (Å²) in [5.41, 5.74) is 5.13. The first-order valence-corrected chi connectivity index (χ1v) is 14.0. The molecule has 2 aromatic carbocycles. The average Bonchev–Trinajstić information content (AvgIpc) is 2.87. The van der Waals surface area contributed by atoms with Gasteiger partial charge in [-0.1, -0.05) is 6.07 Å². The van der Waals surface area contributed by atoms with E-state index in [0.29, 0.717) is 82.0 Å². The molecule has 9 heteroatoms. The fourth-order valence-corrected chi connectivity index (χ4v) is 5.15. The predicted octanol–water partition coefficient (Wildman–Crippen LogP) is 4.66. The fourth-order valence-electron chi connectivity index (χ4n) is 3.88. The summed E-state index contributed by atoms with van der Waals surface area (Å²) in [7, 11) is -0.188. The number of rotatable bonds is 18. The third-order valence-corrected chi connectivity index (χ3v) is 7.16. The summed E-state index contributed by atoms with van der Waals surface area (Å²) in [6.07, 6.45) is 0. The quantitative estimate of drug-likeness (QED) is 0.154. The monoisotopic (exact) mass is 542 g/mol. The van der Waals surface area contributed by atoms with E-state index in [2.05, 4.69) is 19.9 Å². The second-order valence-electron chi connectivity index (χ2n) is 8.52. The van der Waals surface area contributed by atoms with Crippen LogP contribution in [0.3, 0.4) is 0 Å². The molecular formula is C29H44LiO7P. The Labute approximate surface area is 242 Å². The third-order valence-electron chi connectivity index (χ3n) is 5.94. The van der Waals surface area contributed by atoms with Crippen molar-refractivity contribution >= 4 is 38.3 Å². The van der Waals surface area contributed by atoms with Gasteiger partial charge in [-0.25, -0.2) is 0 Å². The molecule has 0 saturated heterocycles. The average molecular weight is 543 g/mol. The van der Waals surface area contributed by atoms with Gasteiger partial charge in [0.25, 0.3) is 0 Å². The number of aryl methyl sites for hydroxylation is 2. The first kappa shape index (κ1) is 34.4. The van der Waals surface area contributed by atoms with Crippen LogP contribution in [0.25, 0.3) is 0 Å². The van der Waals surface area contributed by atoms with E-state index in [-0.39, 0.29) is 33.0 Å². The molecule has 1 unspecified atom stereocenters. The first-order valence-electron chi connectivity index (χ1n) is 13.0. The van der Waals surface area contributed by atoms with E-state index in [1.807, 2.05) is 46.8 Å². The van der Waals surface area contributed by atoms with E-state index in [0.717, 1.165) is 22.3 Å². The van der Waals surface area contributed by atoms with E-state index < -0.39 is 0 Å². The molecule has 2 aromatic rings. The molecule has 1 atom stereocenters. The maximum atomic E-state index is 13.7. The number of carbonyl (C=O) groups excluding carboxylic acids is 1. The van der Waals surface area contributed by atoms with Crippen LogP contribution in [0.5, 0.6) is 17.2 Å². The van der Waals surface area contributed by atoms with E-state index >= 15 is 0 Å². The van der Waals surface area contributed by atoms with Gasteiger partial charge in [0, 0.05) is 37.5 Å². The minimum atomic E-state index is -0.188. The van der Waals surface area contributed by atoms with Gasteiger partial charge in [-0.15, -0.1) is 0 Å². The number of benzene rings is 2. The van der Waals surface area contributed by atoms with Crippen LogP contribution in [0, 0.1) is 27.7 Å². The Morgan fingerprint density at radius 1 is 0.658 bits per heavy atom. The second-order valence-corrected chi connectivity index (χ2v) is 9.72. The van der Waals surface area contributed by atoms with Crippen LogP contribution in [0.2, 0.25) is 0 Å². The first-order chi connectivity index (χ1) is 17.8. The van der Waals surface area contributed by atoms with Gasteiger partial charge in [0.2, 0.25) is 0 Å². The van der Waals surface area contributed by atoms with Crippen molar-refractivity contribution < 1.29 is 33.2 Å². The van der Waals surface area contributed by atoms with Crippen molar-refractivity contribution in [2.24, 2.45) is 0 Å². The summed E-state index contributed by atoms with van der Waals surface area (Å²) in [4.78, 5) is 13.7. The minimum absolute atomic E-state index is 0. The molecule has 2 rings (SSSR count). The van der Waals surface area contributed by atoms with Gasteiger partial charge in [0.05, 0.1) is 25.1 Å². The van der Waals surface area contributed by atoms with Gasteiger partial charge in [0.1, 0.15) is 37.1 Å². The Bertz CT molecular complexity index is 980. The Morgan fingerprint density at radius 2 is 1.13 bits per heavy atom. The van der Waals surface area contributed by atoms with Gasteiger partial charge in [-0.3, -0.25) is 4.79 Å². The Hall–Kier alpha value is -1.58. The molecule has 208 valence electrons. The van der Waals surface area contributed by atoms with Crippen LogP contribution in [-0.2, 0) is 14.2 Å². The second kappa shape index (κ2) is 18.7. The SMILES string of the molecule is CCOCCOc1cc(OCCOCC)c(PC(=O)c2c(C)cc(C)c(C)c2C)c(OCCOCC)c1.[LiH]. The van der Waals surface area contributed by atoms with Crippen LogP contribution < -0.4 is 19.5 Å². The molecule has 0 N–H and O–H groups in total. The van der Waals surface area contributed by atoms with Crippen molar-refractivity contribution in [3.63, 3.8) is 0 Å². The van der Waals surface area contributed by atoms with Crippen molar-refractivity contribution in [3.8, 4) is 17.2 Å². The molecule has 0 aliphatic rings. The molecule has 0 spiro atoms. The van der Waals surface area contributed by atoms with Gasteiger partial charge in [-0.2, -0.15) is 0 Å². The van der Waals surface area contributed by atoms with Gasteiger partial charge in [-0.05, 0) is 79.3 Å². The van der Waals surface area contributed by atoms with E-state index in [9.17, 15) is 4.79 Å². The van der Waals surface area contributed by atoms with E-state index in [1.54, 1.807) is 0 Å². The number of carbonyl (C=O) groups is 1. The molecule has 0 bridgehead atoms. The van der Waals surface area contributed by atoms with Crippen molar-refractivity contribution in [2.75, 3.05) is 59.5 Å². The molecular weight excluding hydrogens is 498 g/mol. The normalized spacial score (nSPS) is 11.0. The third kappa shape index (κ3) is 10.5. The Balaban J connectivity index is 0.00000722. The van der Waals surface area contributed by atoms with Gasteiger partial charge < -0.3 is 28.4 Å². The molecule has 0 aromatic heterocycles. The van der Waals surface area contributed by atoms with E-state index in [1.165, 1.54) is 5.56 Å². The van der Waals surface area contributed by atoms with Crippen LogP contribution in [0.15, 0.2) is 18.2 Å². The molecule has 0 radical (unpaired) electrons. The van der Waals surface area contributed by atoms with Crippen molar-refractivity contribution in [3.05, 3.63) is 46.0 Å². The number of ether oxygens (including phenoxy) is 6. The molecule has 0 amide bonds. The predicted molar refractivity (Wildman–Crippen MR) is 157 cm³/mol. The fraction of sp³-hybridized carbons (Fsp3) is 0.552. The van der Waals surface area contributed by atoms with E-state index in [4.69, 9.17) is 28.4 Å². The summed E-state index contributed by atoms with van der Waals surface area (Å²) in [5.74, 6) is 1.72. The molecule has 38 heavy (non-hydrogen) atoms. The van der Waals surface area contributed by atoms with Gasteiger partial charge in [0.15, 0.2) is 5.52 Å². The summed E-state index contributed by atoms with van der Waals surface area (Å²) < 4.78 is 34.5. The molecule has 0 heterocycles. The van der Waals surface area contributed by atoms with Crippen molar-refractivity contribution in [2.45, 2.75) is 48.5 Å². The summed E-state index contributed by atoms with van der Waals surface area (Å²) >= 11 is 0. The summed E-state index contributed by atoms with van der Waals surface area (Å²) in [6, 6.07) is 5.72. The maximum absolute atomic E-state index is 13.7. The molecule has 0 saturated carbocycles. The van der Waals surface area contributed by atoms with Crippen LogP contribution in [0.1, 0.15) is 53.4 Å². The van der Waals surface area contributed by atoms with Gasteiger partial charge >= 0.3 is 18.9 Å². The van der Waals surface area contributed by atoms with Crippen molar-refractivity contribution in [1.82, 2.24) is 0 Å². The molecule has 0 fully saturated rings. The summed E-state index contributed by atoms with van der Waals surface area (Å²) in [6.45, 7) is 18.3. The zero-order valence-electron chi connectivity index (χ0n) is 23.5. The van der Waals surface area contributed by atoms with Crippen molar-refractivity contribution in [1.29, 1.82) is 0 Å². The number of hydrogen-bond donors (Lipinski definition) is 0. The van der Waals surface area contributed by atoms with Crippen LogP contribution in [0.4, 0.5) is 0 Å². The topological polar surface area (TPSA) is 72.5 Å².